The van der Waals surface area contributed by atoms with Crippen molar-refractivity contribution in [1.29, 1.82) is 0 Å². The van der Waals surface area contributed by atoms with Gasteiger partial charge in [-0.2, -0.15) is 5.21 Å². The Morgan fingerprint density at radius 1 is 1.00 bits per heavy atom. The Morgan fingerprint density at radius 3 is 2.22 bits per heavy atom. The van der Waals surface area contributed by atoms with Crippen molar-refractivity contribution >= 4 is 17.5 Å². The van der Waals surface area contributed by atoms with Gasteiger partial charge in [-0.25, -0.2) is 0 Å². The minimum absolute atomic E-state index is 0.0143. The summed E-state index contributed by atoms with van der Waals surface area (Å²) in [5.74, 6) is 1.11. The molecule has 2 aromatic rings. The van der Waals surface area contributed by atoms with Gasteiger partial charge in [0.1, 0.15) is 0 Å². The molecule has 2 saturated carbocycles. The van der Waals surface area contributed by atoms with E-state index in [4.69, 9.17) is 0 Å². The predicted octanol–water partition coefficient (Wildman–Crippen LogP) is 1.40. The van der Waals surface area contributed by atoms with E-state index >= 15 is 0 Å². The zero-order valence-corrected chi connectivity index (χ0v) is 12.3. The van der Waals surface area contributed by atoms with Crippen LogP contribution >= 0.6 is 0 Å². The largest absolute Gasteiger partial charge is 0.274 e. The van der Waals surface area contributed by atoms with Crippen LogP contribution in [-0.4, -0.2) is 32.4 Å². The SMILES string of the molecule is O=C1[C@@H]2[C@@H]3CC[C@@H](C3)[C@@H]2C(=O)N1c1ccc(-c2nn[nH]n2)cc1. The molecule has 0 radical (unpaired) electrons. The Morgan fingerprint density at radius 2 is 1.65 bits per heavy atom. The number of anilines is 1. The average Bonchev–Trinajstić information content (AvgIpc) is 3.33. The third-order valence-corrected chi connectivity index (χ3v) is 5.66. The van der Waals surface area contributed by atoms with Gasteiger partial charge in [0.25, 0.3) is 0 Å². The van der Waals surface area contributed by atoms with Crippen LogP contribution in [0.5, 0.6) is 0 Å². The number of fused-ring (bicyclic) bond motifs is 5. The highest BCUT2D eigenvalue weighted by atomic mass is 16.2. The Hall–Kier alpha value is -2.57. The number of carbonyl (C=O) groups excluding carboxylic acids is 2. The number of carbonyl (C=O) groups is 2. The van der Waals surface area contributed by atoms with E-state index in [0.29, 0.717) is 23.3 Å². The fourth-order valence-electron chi connectivity index (χ4n) is 4.71. The monoisotopic (exact) mass is 309 g/mol. The summed E-state index contributed by atoms with van der Waals surface area (Å²) in [7, 11) is 0. The van der Waals surface area contributed by atoms with Gasteiger partial charge in [-0.3, -0.25) is 14.5 Å². The van der Waals surface area contributed by atoms with Crippen molar-refractivity contribution in [3.05, 3.63) is 24.3 Å². The Balaban J connectivity index is 1.48. The first-order chi connectivity index (χ1) is 11.2. The van der Waals surface area contributed by atoms with Crippen molar-refractivity contribution < 1.29 is 9.59 Å². The quantitative estimate of drug-likeness (QED) is 0.847. The minimum atomic E-state index is -0.0851. The van der Waals surface area contributed by atoms with Crippen molar-refractivity contribution in [1.82, 2.24) is 20.6 Å². The number of tetrazole rings is 1. The van der Waals surface area contributed by atoms with Gasteiger partial charge in [0.15, 0.2) is 0 Å². The molecule has 5 rings (SSSR count). The van der Waals surface area contributed by atoms with Gasteiger partial charge in [0, 0.05) is 5.56 Å². The van der Waals surface area contributed by atoms with Crippen LogP contribution in [0.15, 0.2) is 24.3 Å². The predicted molar refractivity (Wildman–Crippen MR) is 79.9 cm³/mol. The molecule has 2 amide bonds. The Bertz CT molecular complexity index is 757. The van der Waals surface area contributed by atoms with E-state index < -0.39 is 0 Å². The summed E-state index contributed by atoms with van der Waals surface area (Å²) < 4.78 is 0. The maximum Gasteiger partial charge on any atom is 0.237 e. The topological polar surface area (TPSA) is 91.8 Å². The van der Waals surface area contributed by atoms with Crippen LogP contribution in [0.3, 0.4) is 0 Å². The molecule has 1 aliphatic heterocycles. The summed E-state index contributed by atoms with van der Waals surface area (Å²) >= 11 is 0. The molecule has 7 nitrogen and oxygen atoms in total. The number of rotatable bonds is 2. The second-order valence-corrected chi connectivity index (χ2v) is 6.68. The zero-order chi connectivity index (χ0) is 15.6. The number of imide groups is 1. The molecule has 2 bridgehead atoms. The van der Waals surface area contributed by atoms with E-state index in [-0.39, 0.29) is 23.7 Å². The van der Waals surface area contributed by atoms with Crippen LogP contribution in [0.2, 0.25) is 0 Å². The van der Waals surface area contributed by atoms with Crippen LogP contribution < -0.4 is 4.90 Å². The molecule has 2 aliphatic carbocycles. The Kier molecular flexibility index (Phi) is 2.51. The second kappa shape index (κ2) is 4.47. The third kappa shape index (κ3) is 1.67. The van der Waals surface area contributed by atoms with Gasteiger partial charge >= 0.3 is 0 Å². The highest BCUT2D eigenvalue weighted by Crippen LogP contribution is 2.56. The maximum absolute atomic E-state index is 12.8. The highest BCUT2D eigenvalue weighted by molar-refractivity contribution is 6.22. The summed E-state index contributed by atoms with van der Waals surface area (Å²) in [5, 5.41) is 13.8. The van der Waals surface area contributed by atoms with E-state index in [9.17, 15) is 9.59 Å². The highest BCUT2D eigenvalue weighted by Gasteiger charge is 2.61. The summed E-state index contributed by atoms with van der Waals surface area (Å²) in [6.45, 7) is 0. The molecular formula is C16H15N5O2. The maximum atomic E-state index is 12.8. The van der Waals surface area contributed by atoms with Crippen molar-refractivity contribution in [2.75, 3.05) is 4.90 Å². The molecule has 1 aromatic heterocycles. The summed E-state index contributed by atoms with van der Waals surface area (Å²) in [5.41, 5.74) is 1.43. The summed E-state index contributed by atoms with van der Waals surface area (Å²) in [6, 6.07) is 7.18. The van der Waals surface area contributed by atoms with Crippen LogP contribution in [0, 0.1) is 23.7 Å². The molecule has 2 heterocycles. The lowest BCUT2D eigenvalue weighted by Crippen LogP contribution is -2.32. The first kappa shape index (κ1) is 12.9. The molecule has 0 unspecified atom stereocenters. The van der Waals surface area contributed by atoms with Crippen molar-refractivity contribution in [3.63, 3.8) is 0 Å². The zero-order valence-electron chi connectivity index (χ0n) is 12.3. The van der Waals surface area contributed by atoms with Gasteiger partial charge in [-0.15, -0.1) is 10.2 Å². The molecule has 1 saturated heterocycles. The van der Waals surface area contributed by atoms with E-state index in [1.807, 2.05) is 12.1 Å². The first-order valence-electron chi connectivity index (χ1n) is 7.96. The van der Waals surface area contributed by atoms with E-state index in [2.05, 4.69) is 20.6 Å². The lowest BCUT2D eigenvalue weighted by Gasteiger charge is -2.19. The van der Waals surface area contributed by atoms with Crippen LogP contribution in [-0.2, 0) is 9.59 Å². The molecule has 7 heteroatoms. The number of benzene rings is 1. The average molecular weight is 309 g/mol. The number of aromatic nitrogens is 4. The standard InChI is InChI=1S/C16H15N5O2/c22-15-12-9-1-2-10(7-9)13(12)16(23)21(15)11-5-3-8(4-6-11)14-17-19-20-18-14/h3-6,9-10,12-13H,1-2,7H2,(H,17,18,19,20)/t9-,10+,12-,13+. The van der Waals surface area contributed by atoms with Crippen LogP contribution in [0.4, 0.5) is 5.69 Å². The van der Waals surface area contributed by atoms with E-state index in [0.717, 1.165) is 24.8 Å². The van der Waals surface area contributed by atoms with Gasteiger partial charge < -0.3 is 0 Å². The molecule has 1 N–H and O–H groups in total. The fraction of sp³-hybridized carbons (Fsp3) is 0.438. The van der Waals surface area contributed by atoms with Crippen molar-refractivity contribution in [2.24, 2.45) is 23.7 Å². The molecule has 3 fully saturated rings. The van der Waals surface area contributed by atoms with Crippen LogP contribution in [0.1, 0.15) is 19.3 Å². The number of hydrogen-bond donors (Lipinski definition) is 1. The molecular weight excluding hydrogens is 294 g/mol. The van der Waals surface area contributed by atoms with Gasteiger partial charge in [-0.05, 0) is 60.6 Å². The molecule has 4 atom stereocenters. The first-order valence-corrected chi connectivity index (χ1v) is 7.96. The number of hydrogen-bond acceptors (Lipinski definition) is 5. The van der Waals surface area contributed by atoms with Crippen molar-refractivity contribution in [3.8, 4) is 11.4 Å². The van der Waals surface area contributed by atoms with Gasteiger partial charge in [-0.1, -0.05) is 0 Å². The normalized spacial score (nSPS) is 31.9. The smallest absolute Gasteiger partial charge is 0.237 e. The molecule has 3 aliphatic rings. The second-order valence-electron chi connectivity index (χ2n) is 6.68. The van der Waals surface area contributed by atoms with Crippen molar-refractivity contribution in [2.45, 2.75) is 19.3 Å². The van der Waals surface area contributed by atoms with Gasteiger partial charge in [0.2, 0.25) is 17.6 Å². The number of H-pyrrole nitrogens is 1. The number of amides is 2. The third-order valence-electron chi connectivity index (χ3n) is 5.66. The number of nitrogens with one attached hydrogen (secondary N) is 1. The molecule has 0 spiro atoms. The lowest BCUT2D eigenvalue weighted by atomic mass is 9.81. The van der Waals surface area contributed by atoms with Crippen LogP contribution in [0.25, 0.3) is 11.4 Å². The molecule has 23 heavy (non-hydrogen) atoms. The minimum Gasteiger partial charge on any atom is -0.274 e. The van der Waals surface area contributed by atoms with E-state index in [1.165, 1.54) is 4.90 Å². The lowest BCUT2D eigenvalue weighted by molar-refractivity contribution is -0.123. The number of aromatic amines is 1. The van der Waals surface area contributed by atoms with E-state index in [1.54, 1.807) is 12.1 Å². The molecule has 116 valence electrons. The summed E-state index contributed by atoms with van der Waals surface area (Å²) in [4.78, 5) is 26.9. The van der Waals surface area contributed by atoms with Gasteiger partial charge in [0.05, 0.1) is 17.5 Å². The summed E-state index contributed by atoms with van der Waals surface area (Å²) in [6.07, 6.45) is 3.24. The Labute approximate surface area is 132 Å². The molecule has 1 aromatic carbocycles. The fourth-order valence-corrected chi connectivity index (χ4v) is 4.71. The number of nitrogens with zero attached hydrogens (tertiary/aromatic N) is 4.